The number of rotatable bonds is 2. The van der Waals surface area contributed by atoms with Crippen molar-refractivity contribution in [2.45, 2.75) is 18.5 Å². The Hall–Kier alpha value is -0.110. The van der Waals surface area contributed by atoms with Gasteiger partial charge in [-0.15, -0.1) is 0 Å². The van der Waals surface area contributed by atoms with E-state index < -0.39 is 27.1 Å². The van der Waals surface area contributed by atoms with E-state index in [1.165, 1.54) is 0 Å². The third-order valence-electron chi connectivity index (χ3n) is 0.786. The van der Waals surface area contributed by atoms with E-state index in [0.29, 0.717) is 0 Å². The molecule has 0 aromatic heterocycles. The largest absolute Gasteiger partial charge is 0.820 e. The van der Waals surface area contributed by atoms with Gasteiger partial charge in [-0.25, -0.2) is 0 Å². The van der Waals surface area contributed by atoms with Crippen LogP contribution in [-0.4, -0.2) is 18.5 Å². The van der Waals surface area contributed by atoms with Crippen LogP contribution < -0.4 is 9.79 Å². The normalized spacial score (nSPS) is 14.3. The summed E-state index contributed by atoms with van der Waals surface area (Å²) in [4.78, 5) is 19.0. The molecule has 0 aromatic carbocycles. The van der Waals surface area contributed by atoms with Crippen molar-refractivity contribution < 1.29 is 40.7 Å². The predicted molar refractivity (Wildman–Crippen MR) is 23.9 cm³/mol. The lowest BCUT2D eigenvalue weighted by Crippen LogP contribution is -2.44. The highest BCUT2D eigenvalue weighted by Crippen LogP contribution is 2.39. The van der Waals surface area contributed by atoms with Crippen LogP contribution in [-0.2, 0) is 4.52 Å². The van der Waals surface area contributed by atoms with Crippen molar-refractivity contribution in [2.24, 2.45) is 0 Å². The lowest BCUT2D eigenvalue weighted by molar-refractivity contribution is -0.358. The molecular weight excluding hydrogens is 229 g/mol. The Morgan fingerprint density at radius 2 is 1.23 bits per heavy atom. The van der Waals surface area contributed by atoms with Gasteiger partial charge >= 0.3 is 12.4 Å². The standard InChI is InChI=1S/C3HF6O3P/c4-2(5,6)1(3(7,8)9)12-13(10)11/h1H/q-2. The van der Waals surface area contributed by atoms with Crippen molar-refractivity contribution in [2.75, 3.05) is 0 Å². The number of alkyl halides is 6. The van der Waals surface area contributed by atoms with E-state index in [2.05, 4.69) is 4.52 Å². The second kappa shape index (κ2) is 3.95. The quantitative estimate of drug-likeness (QED) is 0.511. The monoisotopic (exact) mass is 230 g/mol. The molecule has 0 amide bonds. The summed E-state index contributed by atoms with van der Waals surface area (Å²) in [6, 6.07) is 0. The van der Waals surface area contributed by atoms with Crippen LogP contribution in [0, 0.1) is 0 Å². The molecule has 0 bridgehead atoms. The van der Waals surface area contributed by atoms with Crippen molar-refractivity contribution in [3.8, 4) is 0 Å². The average Bonchev–Trinajstić information content (AvgIpc) is 1.77. The summed E-state index contributed by atoms with van der Waals surface area (Å²) in [6.07, 6.45) is -15.9. The van der Waals surface area contributed by atoms with Crippen molar-refractivity contribution in [3.05, 3.63) is 0 Å². The number of halogens is 6. The molecule has 0 aliphatic heterocycles. The maximum absolute atomic E-state index is 11.5. The molecule has 0 aliphatic carbocycles. The molecule has 80 valence electrons. The zero-order valence-electron chi connectivity index (χ0n) is 5.52. The fraction of sp³-hybridized carbons (Fsp3) is 1.00. The fourth-order valence-electron chi connectivity index (χ4n) is 0.391. The highest BCUT2D eigenvalue weighted by Gasteiger charge is 2.57. The SMILES string of the molecule is [O-]P([O-])OC(C(F)(F)F)C(F)(F)F. The first-order valence-corrected chi connectivity index (χ1v) is 3.59. The van der Waals surface area contributed by atoms with Gasteiger partial charge in [0.15, 0.2) is 0 Å². The van der Waals surface area contributed by atoms with Crippen LogP contribution in [0.4, 0.5) is 26.3 Å². The van der Waals surface area contributed by atoms with Crippen LogP contribution in [0.15, 0.2) is 0 Å². The van der Waals surface area contributed by atoms with Gasteiger partial charge in [-0.1, -0.05) is 0 Å². The molecule has 0 saturated heterocycles. The van der Waals surface area contributed by atoms with Gasteiger partial charge < -0.3 is 14.3 Å². The van der Waals surface area contributed by atoms with Crippen LogP contribution in [0.1, 0.15) is 0 Å². The average molecular weight is 230 g/mol. The molecule has 0 rings (SSSR count). The maximum atomic E-state index is 11.5. The molecule has 0 aliphatic rings. The summed E-state index contributed by atoms with van der Waals surface area (Å²) in [5, 5.41) is 0. The van der Waals surface area contributed by atoms with E-state index in [9.17, 15) is 36.1 Å². The fourth-order valence-corrected chi connectivity index (χ4v) is 0.802. The van der Waals surface area contributed by atoms with Gasteiger partial charge in [0.2, 0.25) is 0 Å². The molecular formula is C3HF6O3P-2. The Balaban J connectivity index is 4.58. The predicted octanol–water partition coefficient (Wildman–Crippen LogP) is 0.444. The summed E-state index contributed by atoms with van der Waals surface area (Å²) in [5.74, 6) is 0. The first kappa shape index (κ1) is 12.9. The van der Waals surface area contributed by atoms with Crippen molar-refractivity contribution >= 4 is 8.60 Å². The first-order chi connectivity index (χ1) is 5.55. The van der Waals surface area contributed by atoms with Crippen molar-refractivity contribution in [1.82, 2.24) is 0 Å². The third-order valence-corrected chi connectivity index (χ3v) is 1.17. The second-order valence-electron chi connectivity index (χ2n) is 1.79. The van der Waals surface area contributed by atoms with E-state index in [4.69, 9.17) is 0 Å². The summed E-state index contributed by atoms with van der Waals surface area (Å²) in [5.41, 5.74) is 0. The van der Waals surface area contributed by atoms with Gasteiger partial charge in [0, 0.05) is 0 Å². The molecule has 0 fully saturated rings. The number of hydrogen-bond acceptors (Lipinski definition) is 3. The van der Waals surface area contributed by atoms with Crippen LogP contribution in [0.3, 0.4) is 0 Å². The van der Waals surface area contributed by atoms with E-state index in [1.807, 2.05) is 0 Å². The highest BCUT2D eigenvalue weighted by atomic mass is 31.2. The van der Waals surface area contributed by atoms with E-state index >= 15 is 0 Å². The van der Waals surface area contributed by atoms with E-state index in [-0.39, 0.29) is 0 Å². The topological polar surface area (TPSA) is 55.3 Å². The van der Waals surface area contributed by atoms with Gasteiger partial charge in [0.1, 0.15) is 0 Å². The summed E-state index contributed by atoms with van der Waals surface area (Å²) in [7, 11) is -4.21. The molecule has 0 aromatic rings. The van der Waals surface area contributed by atoms with Gasteiger partial charge in [-0.3, -0.25) is 0 Å². The van der Waals surface area contributed by atoms with Gasteiger partial charge in [0.25, 0.3) is 6.10 Å². The summed E-state index contributed by atoms with van der Waals surface area (Å²) < 4.78 is 71.5. The molecule has 0 spiro atoms. The molecule has 0 unspecified atom stereocenters. The second-order valence-corrected chi connectivity index (χ2v) is 2.45. The molecule has 10 heteroatoms. The van der Waals surface area contributed by atoms with Crippen LogP contribution in [0.5, 0.6) is 0 Å². The minimum atomic E-state index is -5.80. The van der Waals surface area contributed by atoms with Crippen LogP contribution >= 0.6 is 8.60 Å². The van der Waals surface area contributed by atoms with E-state index in [0.717, 1.165) is 0 Å². The highest BCUT2D eigenvalue weighted by molar-refractivity contribution is 7.36. The Bertz CT molecular complexity index is 149. The van der Waals surface area contributed by atoms with Gasteiger partial charge in [0.05, 0.1) is 0 Å². The Labute approximate surface area is 68.9 Å². The maximum Gasteiger partial charge on any atom is 0.423 e. The van der Waals surface area contributed by atoms with Crippen molar-refractivity contribution in [3.63, 3.8) is 0 Å². The molecule has 0 N–H and O–H groups in total. The Morgan fingerprint density at radius 3 is 1.31 bits per heavy atom. The number of hydrogen-bond donors (Lipinski definition) is 0. The van der Waals surface area contributed by atoms with Crippen LogP contribution in [0.25, 0.3) is 0 Å². The molecule has 13 heavy (non-hydrogen) atoms. The lowest BCUT2D eigenvalue weighted by atomic mass is 10.3. The third kappa shape index (κ3) is 4.61. The molecule has 0 saturated carbocycles. The first-order valence-electron chi connectivity index (χ1n) is 2.49. The summed E-state index contributed by atoms with van der Waals surface area (Å²) >= 11 is 0. The molecule has 3 nitrogen and oxygen atoms in total. The zero-order valence-corrected chi connectivity index (χ0v) is 6.41. The van der Waals surface area contributed by atoms with Crippen LogP contribution in [0.2, 0.25) is 0 Å². The summed E-state index contributed by atoms with van der Waals surface area (Å²) in [6.45, 7) is 0. The van der Waals surface area contributed by atoms with E-state index in [1.54, 1.807) is 0 Å². The molecule has 0 heterocycles. The molecule has 0 atom stereocenters. The zero-order chi connectivity index (χ0) is 10.9. The Kier molecular flexibility index (Phi) is 3.92. The lowest BCUT2D eigenvalue weighted by Gasteiger charge is -2.35. The van der Waals surface area contributed by atoms with Crippen molar-refractivity contribution in [1.29, 1.82) is 0 Å². The smallest absolute Gasteiger partial charge is 0.423 e. The minimum absolute atomic E-state index is 2.68. The van der Waals surface area contributed by atoms with Gasteiger partial charge in [-0.2, -0.15) is 34.9 Å². The Morgan fingerprint density at radius 1 is 0.923 bits per heavy atom. The molecule has 0 radical (unpaired) electrons. The minimum Gasteiger partial charge on any atom is -0.820 e. The van der Waals surface area contributed by atoms with Gasteiger partial charge in [-0.05, 0) is 0 Å².